The summed E-state index contributed by atoms with van der Waals surface area (Å²) in [6.45, 7) is 24.7. The van der Waals surface area contributed by atoms with Crippen LogP contribution in [0.5, 0.6) is 5.75 Å². The number of phenolic OH excluding ortho intramolecular Hbond substituents is 1. The number of fused-ring (bicyclic) bond motifs is 4. The first-order chi connectivity index (χ1) is 38.3. The molecule has 0 aliphatic rings. The van der Waals surface area contributed by atoms with Crippen LogP contribution in [0.15, 0.2) is 219 Å². The Hall–Kier alpha value is -8.80. The minimum absolute atomic E-state index is 0.107. The molecule has 5 nitrogen and oxygen atoms in total. The van der Waals surface area contributed by atoms with Crippen LogP contribution in [0.25, 0.3) is 100 Å². The molecule has 5 heteroatoms. The highest BCUT2D eigenvalue weighted by Crippen LogP contribution is 2.48. The molecule has 80 heavy (non-hydrogen) atoms. The molecule has 0 aliphatic carbocycles. The fraction of sp³-hybridized carbons (Fsp3) is 0.200. The highest BCUT2D eigenvalue weighted by molar-refractivity contribution is 6.19. The average Bonchev–Trinajstić information content (AvgIpc) is 4.22. The number of imidazole rings is 1. The lowest BCUT2D eigenvalue weighted by Crippen LogP contribution is -2.18. The molecule has 9 aromatic carbocycles. The standard InChI is InChI=1S/C75H70N4O/c1-72(2,3)54-38-39-65(59(45-54)49-24-15-12-16-25-49)79-66-33-23-31-57(69(66)77-71(79)61-46-55(73(4,5)6)47-62(70(61)80)74(7,8)9)60-42-51(44-67-68(60)58-30-21-22-32-64(58)78(67)56-28-19-14-20-29-56)63-43-50(40-41-76-63)48-34-36-53(37-35-48)75(10,11)52-26-17-13-18-27-52/h12-47,80H,1-11H3. The summed E-state index contributed by atoms with van der Waals surface area (Å²) in [5, 5.41) is 15.1. The van der Waals surface area contributed by atoms with Gasteiger partial charge in [0.05, 0.1) is 39.0 Å². The molecule has 3 heterocycles. The molecule has 0 spiro atoms. The van der Waals surface area contributed by atoms with Gasteiger partial charge in [0.2, 0.25) is 0 Å². The fourth-order valence-electron chi connectivity index (χ4n) is 11.8. The maximum absolute atomic E-state index is 12.9. The fourth-order valence-corrected chi connectivity index (χ4v) is 11.8. The van der Waals surface area contributed by atoms with Crippen LogP contribution in [-0.4, -0.2) is 24.2 Å². The summed E-state index contributed by atoms with van der Waals surface area (Å²) in [6, 6.07) is 76.7. The third kappa shape index (κ3) is 9.18. The molecule has 3 aromatic heterocycles. The molecule has 0 atom stereocenters. The van der Waals surface area contributed by atoms with Crippen molar-refractivity contribution < 1.29 is 5.11 Å². The number of hydrogen-bond acceptors (Lipinski definition) is 3. The van der Waals surface area contributed by atoms with Crippen molar-refractivity contribution in [3.05, 3.63) is 246 Å². The molecular weight excluding hydrogens is 973 g/mol. The van der Waals surface area contributed by atoms with Crippen LogP contribution in [0.1, 0.15) is 104 Å². The van der Waals surface area contributed by atoms with Gasteiger partial charge in [0, 0.05) is 50.3 Å². The Balaban J connectivity index is 1.15. The SMILES string of the molecule is CC(C)(C)c1ccc(-n2c(-c3cc(C(C)(C)C)cc(C(C)(C)C)c3O)nc3c(-c4cc(-c5cc(-c6ccc(C(C)(C)c7ccccc7)cc6)ccn5)cc5c4c4ccccc4n5-c4ccccc4)cccc32)c(-c2ccccc2)c1. The topological polar surface area (TPSA) is 55.9 Å². The number of aromatic nitrogens is 4. The van der Waals surface area contributed by atoms with Gasteiger partial charge in [-0.05, 0) is 127 Å². The lowest BCUT2D eigenvalue weighted by molar-refractivity contribution is 0.446. The van der Waals surface area contributed by atoms with Crippen molar-refractivity contribution in [2.45, 2.75) is 97.8 Å². The van der Waals surface area contributed by atoms with Crippen LogP contribution in [0.3, 0.4) is 0 Å². The molecule has 0 saturated carbocycles. The number of rotatable bonds is 9. The number of phenols is 1. The number of pyridine rings is 1. The molecular formula is C75H70N4O. The van der Waals surface area contributed by atoms with Gasteiger partial charge in [0.1, 0.15) is 11.6 Å². The molecule has 0 amide bonds. The van der Waals surface area contributed by atoms with Crippen molar-refractivity contribution >= 4 is 32.8 Å². The lowest BCUT2D eigenvalue weighted by atomic mass is 9.78. The molecule has 12 rings (SSSR count). The molecule has 0 saturated heterocycles. The summed E-state index contributed by atoms with van der Waals surface area (Å²) in [6.07, 6.45) is 1.94. The van der Waals surface area contributed by atoms with Crippen LogP contribution in [-0.2, 0) is 21.7 Å². The number of hydrogen-bond donors (Lipinski definition) is 1. The van der Waals surface area contributed by atoms with Crippen molar-refractivity contribution in [3.8, 4) is 73.2 Å². The summed E-state index contributed by atoms with van der Waals surface area (Å²) in [4.78, 5) is 11.0. The van der Waals surface area contributed by atoms with Gasteiger partial charge in [-0.1, -0.05) is 222 Å². The van der Waals surface area contributed by atoms with Gasteiger partial charge in [-0.3, -0.25) is 9.55 Å². The lowest BCUT2D eigenvalue weighted by Gasteiger charge is -2.28. The first kappa shape index (κ1) is 51.9. The van der Waals surface area contributed by atoms with Gasteiger partial charge in [-0.15, -0.1) is 0 Å². The van der Waals surface area contributed by atoms with E-state index < -0.39 is 0 Å². The van der Waals surface area contributed by atoms with Crippen LogP contribution in [0.4, 0.5) is 0 Å². The summed E-state index contributed by atoms with van der Waals surface area (Å²) in [7, 11) is 0. The first-order valence-corrected chi connectivity index (χ1v) is 28.1. The summed E-state index contributed by atoms with van der Waals surface area (Å²) < 4.78 is 4.71. The van der Waals surface area contributed by atoms with Crippen LogP contribution in [0.2, 0.25) is 0 Å². The molecule has 1 N–H and O–H groups in total. The number of benzene rings is 9. The Morgan fingerprint density at radius 3 is 1.69 bits per heavy atom. The predicted molar refractivity (Wildman–Crippen MR) is 337 cm³/mol. The maximum Gasteiger partial charge on any atom is 0.149 e. The summed E-state index contributed by atoms with van der Waals surface area (Å²) in [5.41, 5.74) is 19.9. The van der Waals surface area contributed by atoms with Crippen LogP contribution in [0, 0.1) is 0 Å². The number of para-hydroxylation sites is 3. The Bertz CT molecular complexity index is 4290. The van der Waals surface area contributed by atoms with E-state index in [2.05, 4.69) is 298 Å². The van der Waals surface area contributed by atoms with E-state index in [4.69, 9.17) is 9.97 Å². The van der Waals surface area contributed by atoms with Crippen LogP contribution < -0.4 is 0 Å². The second-order valence-corrected chi connectivity index (χ2v) is 25.3. The van der Waals surface area contributed by atoms with E-state index in [1.807, 2.05) is 6.20 Å². The minimum atomic E-state index is -0.362. The Morgan fingerprint density at radius 2 is 1.00 bits per heavy atom. The Kier molecular flexibility index (Phi) is 12.7. The van der Waals surface area contributed by atoms with Crippen molar-refractivity contribution in [3.63, 3.8) is 0 Å². The highest BCUT2D eigenvalue weighted by atomic mass is 16.3. The van der Waals surface area contributed by atoms with Crippen molar-refractivity contribution in [2.75, 3.05) is 0 Å². The largest absolute Gasteiger partial charge is 0.507 e. The summed E-state index contributed by atoms with van der Waals surface area (Å²) >= 11 is 0. The smallest absolute Gasteiger partial charge is 0.149 e. The van der Waals surface area contributed by atoms with Gasteiger partial charge in [0.25, 0.3) is 0 Å². The first-order valence-electron chi connectivity index (χ1n) is 28.1. The monoisotopic (exact) mass is 1040 g/mol. The number of nitrogens with zero attached hydrogens (tertiary/aromatic N) is 4. The second kappa shape index (κ2) is 19.5. The maximum atomic E-state index is 12.9. The van der Waals surface area contributed by atoms with Gasteiger partial charge in [0.15, 0.2) is 0 Å². The van der Waals surface area contributed by atoms with E-state index in [1.165, 1.54) is 16.7 Å². The zero-order valence-corrected chi connectivity index (χ0v) is 48.0. The quantitative estimate of drug-likeness (QED) is 0.157. The molecule has 12 aromatic rings. The normalized spacial score (nSPS) is 12.5. The molecule has 0 unspecified atom stereocenters. The van der Waals surface area contributed by atoms with Gasteiger partial charge >= 0.3 is 0 Å². The third-order valence-corrected chi connectivity index (χ3v) is 16.5. The minimum Gasteiger partial charge on any atom is -0.507 e. The zero-order chi connectivity index (χ0) is 55.9. The van der Waals surface area contributed by atoms with E-state index in [0.29, 0.717) is 11.4 Å². The van der Waals surface area contributed by atoms with E-state index >= 15 is 0 Å². The van der Waals surface area contributed by atoms with Gasteiger partial charge < -0.3 is 9.67 Å². The van der Waals surface area contributed by atoms with Gasteiger partial charge in [-0.25, -0.2) is 4.98 Å². The predicted octanol–water partition coefficient (Wildman–Crippen LogP) is 19.8. The van der Waals surface area contributed by atoms with Crippen molar-refractivity contribution in [2.24, 2.45) is 0 Å². The molecule has 0 bridgehead atoms. The second-order valence-electron chi connectivity index (χ2n) is 25.3. The molecule has 0 aliphatic heterocycles. The molecule has 0 fully saturated rings. The van der Waals surface area contributed by atoms with E-state index in [9.17, 15) is 5.11 Å². The van der Waals surface area contributed by atoms with E-state index in [0.717, 1.165) is 100.0 Å². The van der Waals surface area contributed by atoms with Crippen molar-refractivity contribution in [1.82, 2.24) is 19.1 Å². The average molecular weight is 1040 g/mol. The molecule has 0 radical (unpaired) electrons. The Morgan fingerprint density at radius 1 is 0.388 bits per heavy atom. The van der Waals surface area contributed by atoms with Crippen LogP contribution >= 0.6 is 0 Å². The highest BCUT2D eigenvalue weighted by Gasteiger charge is 2.31. The van der Waals surface area contributed by atoms with Crippen molar-refractivity contribution in [1.29, 1.82) is 0 Å². The van der Waals surface area contributed by atoms with Gasteiger partial charge in [-0.2, -0.15) is 0 Å². The van der Waals surface area contributed by atoms with E-state index in [-0.39, 0.29) is 27.4 Å². The third-order valence-electron chi connectivity index (χ3n) is 16.5. The van der Waals surface area contributed by atoms with E-state index in [1.54, 1.807) is 0 Å². The summed E-state index contributed by atoms with van der Waals surface area (Å²) in [5.74, 6) is 0.917. The molecule has 396 valence electrons. The zero-order valence-electron chi connectivity index (χ0n) is 48.0. The Labute approximate surface area is 471 Å². The number of aromatic hydroxyl groups is 1.